The van der Waals surface area contributed by atoms with Gasteiger partial charge in [-0.05, 0) is 55.0 Å². The summed E-state index contributed by atoms with van der Waals surface area (Å²) in [5, 5.41) is 0. The Morgan fingerprint density at radius 2 is 1.52 bits per heavy atom. The molecule has 8 heteroatoms. The van der Waals surface area contributed by atoms with Gasteiger partial charge in [-0.3, -0.25) is 9.59 Å². The van der Waals surface area contributed by atoms with Crippen molar-refractivity contribution in [3.8, 4) is 0 Å². The number of hydrogen-bond donors (Lipinski definition) is 0. The zero-order valence-corrected chi connectivity index (χ0v) is 17.4. The summed E-state index contributed by atoms with van der Waals surface area (Å²) in [6.45, 7) is 2.09. The number of benzene rings is 3. The van der Waals surface area contributed by atoms with E-state index in [2.05, 4.69) is 0 Å². The van der Waals surface area contributed by atoms with Gasteiger partial charge in [0.05, 0.1) is 16.8 Å². The SMILES string of the molecule is CCN(C1=C(c2ccc(F)cc2)C(=O)N(c2cccc(C(F)(F)F)c2)C1=O)c1ccccc1. The van der Waals surface area contributed by atoms with E-state index >= 15 is 0 Å². The lowest BCUT2D eigenvalue weighted by atomic mass is 10.0. The van der Waals surface area contributed by atoms with Gasteiger partial charge in [-0.2, -0.15) is 13.2 Å². The summed E-state index contributed by atoms with van der Waals surface area (Å²) < 4.78 is 53.3. The number of halogens is 4. The second-order valence-electron chi connectivity index (χ2n) is 7.30. The molecule has 0 aromatic heterocycles. The lowest BCUT2D eigenvalue weighted by Gasteiger charge is -2.25. The summed E-state index contributed by atoms with van der Waals surface area (Å²) in [4.78, 5) is 29.4. The molecule has 0 aliphatic carbocycles. The molecule has 2 amide bonds. The summed E-state index contributed by atoms with van der Waals surface area (Å²) in [6, 6.07) is 17.9. The van der Waals surface area contributed by atoms with Crippen LogP contribution in [0.2, 0.25) is 0 Å². The minimum absolute atomic E-state index is 0.0110. The summed E-state index contributed by atoms with van der Waals surface area (Å²) in [5.41, 5.74) is -0.262. The van der Waals surface area contributed by atoms with Crippen LogP contribution in [-0.4, -0.2) is 18.4 Å². The predicted molar refractivity (Wildman–Crippen MR) is 117 cm³/mol. The zero-order chi connectivity index (χ0) is 23.8. The molecule has 0 saturated carbocycles. The molecule has 0 fully saturated rings. The average Bonchev–Trinajstić information content (AvgIpc) is 3.05. The number of nitrogens with zero attached hydrogens (tertiary/aromatic N) is 2. The smallest absolute Gasteiger partial charge is 0.337 e. The van der Waals surface area contributed by atoms with Crippen LogP contribution in [0.4, 0.5) is 28.9 Å². The van der Waals surface area contributed by atoms with Crippen molar-refractivity contribution in [2.24, 2.45) is 0 Å². The molecule has 4 nitrogen and oxygen atoms in total. The first-order valence-electron chi connectivity index (χ1n) is 10.1. The number of imide groups is 1. The maximum absolute atomic E-state index is 13.6. The van der Waals surface area contributed by atoms with Gasteiger partial charge in [-0.15, -0.1) is 0 Å². The molecule has 1 aliphatic rings. The largest absolute Gasteiger partial charge is 0.416 e. The van der Waals surface area contributed by atoms with E-state index in [4.69, 9.17) is 0 Å². The Hall–Kier alpha value is -3.94. The van der Waals surface area contributed by atoms with Crippen LogP contribution in [0.25, 0.3) is 5.57 Å². The summed E-state index contributed by atoms with van der Waals surface area (Å²) in [7, 11) is 0. The zero-order valence-electron chi connectivity index (χ0n) is 17.4. The number of rotatable bonds is 5. The van der Waals surface area contributed by atoms with Gasteiger partial charge in [-0.25, -0.2) is 9.29 Å². The van der Waals surface area contributed by atoms with Crippen LogP contribution in [0.3, 0.4) is 0 Å². The van der Waals surface area contributed by atoms with E-state index in [1.165, 1.54) is 18.2 Å². The molecule has 33 heavy (non-hydrogen) atoms. The molecule has 1 aliphatic heterocycles. The quantitative estimate of drug-likeness (QED) is 0.369. The van der Waals surface area contributed by atoms with Crippen molar-refractivity contribution < 1.29 is 27.2 Å². The molecule has 4 rings (SSSR count). The topological polar surface area (TPSA) is 40.6 Å². The molecular formula is C25H18F4N2O2. The highest BCUT2D eigenvalue weighted by Crippen LogP contribution is 2.38. The van der Waals surface area contributed by atoms with Crippen LogP contribution in [0.5, 0.6) is 0 Å². The van der Waals surface area contributed by atoms with E-state index < -0.39 is 29.4 Å². The second-order valence-corrected chi connectivity index (χ2v) is 7.30. The first-order valence-corrected chi connectivity index (χ1v) is 10.1. The van der Waals surface area contributed by atoms with Crippen molar-refractivity contribution in [2.45, 2.75) is 13.1 Å². The predicted octanol–water partition coefficient (Wildman–Crippen LogP) is 5.66. The van der Waals surface area contributed by atoms with Crippen molar-refractivity contribution in [2.75, 3.05) is 16.3 Å². The van der Waals surface area contributed by atoms with Crippen molar-refractivity contribution in [1.29, 1.82) is 0 Å². The molecule has 0 bridgehead atoms. The van der Waals surface area contributed by atoms with Crippen molar-refractivity contribution >= 4 is 28.8 Å². The van der Waals surface area contributed by atoms with E-state index in [0.717, 1.165) is 35.2 Å². The van der Waals surface area contributed by atoms with Crippen LogP contribution in [0.1, 0.15) is 18.1 Å². The van der Waals surface area contributed by atoms with Crippen LogP contribution in [0, 0.1) is 5.82 Å². The van der Waals surface area contributed by atoms with Crippen LogP contribution in [0.15, 0.2) is 84.6 Å². The summed E-state index contributed by atoms with van der Waals surface area (Å²) >= 11 is 0. The molecule has 0 radical (unpaired) electrons. The van der Waals surface area contributed by atoms with Crippen molar-refractivity contribution in [3.63, 3.8) is 0 Å². The number of carbonyl (C=O) groups excluding carboxylic acids is 2. The number of para-hydroxylation sites is 1. The fourth-order valence-corrected chi connectivity index (χ4v) is 3.78. The van der Waals surface area contributed by atoms with E-state index in [1.54, 1.807) is 42.2 Å². The van der Waals surface area contributed by atoms with E-state index in [0.29, 0.717) is 12.2 Å². The second kappa shape index (κ2) is 8.54. The third-order valence-corrected chi connectivity index (χ3v) is 5.28. The molecule has 1 heterocycles. The Morgan fingerprint density at radius 3 is 2.12 bits per heavy atom. The molecule has 3 aromatic carbocycles. The van der Waals surface area contributed by atoms with Gasteiger partial charge >= 0.3 is 6.18 Å². The summed E-state index contributed by atoms with van der Waals surface area (Å²) in [5.74, 6) is -2.07. The van der Waals surface area contributed by atoms with Gasteiger partial charge in [0, 0.05) is 12.2 Å². The molecule has 0 unspecified atom stereocenters. The van der Waals surface area contributed by atoms with Gasteiger partial charge in [-0.1, -0.05) is 36.4 Å². The van der Waals surface area contributed by atoms with Crippen molar-refractivity contribution in [3.05, 3.63) is 102 Å². The highest BCUT2D eigenvalue weighted by molar-refractivity contribution is 6.46. The molecule has 0 saturated heterocycles. The minimum Gasteiger partial charge on any atom is -0.337 e. The van der Waals surface area contributed by atoms with E-state index in [9.17, 15) is 27.2 Å². The minimum atomic E-state index is -4.64. The summed E-state index contributed by atoms with van der Waals surface area (Å²) in [6.07, 6.45) is -4.64. The van der Waals surface area contributed by atoms with E-state index in [-0.39, 0.29) is 22.5 Å². The number of carbonyl (C=O) groups is 2. The van der Waals surface area contributed by atoms with E-state index in [1.807, 2.05) is 0 Å². The molecule has 168 valence electrons. The normalized spacial score (nSPS) is 14.3. The fraction of sp³-hybridized carbons (Fsp3) is 0.120. The first kappa shape index (κ1) is 22.3. The Labute approximate surface area is 187 Å². The van der Waals surface area contributed by atoms with Gasteiger partial charge < -0.3 is 4.90 Å². The fourth-order valence-electron chi connectivity index (χ4n) is 3.78. The Balaban J connectivity index is 1.89. The van der Waals surface area contributed by atoms with Gasteiger partial charge in [0.25, 0.3) is 11.8 Å². The van der Waals surface area contributed by atoms with Gasteiger partial charge in [0.1, 0.15) is 11.5 Å². The highest BCUT2D eigenvalue weighted by atomic mass is 19.4. The third-order valence-electron chi connectivity index (χ3n) is 5.28. The van der Waals surface area contributed by atoms with Crippen LogP contribution < -0.4 is 9.80 Å². The first-order chi connectivity index (χ1) is 15.7. The van der Waals surface area contributed by atoms with Gasteiger partial charge in [0.2, 0.25) is 0 Å². The number of anilines is 2. The standard InChI is InChI=1S/C25H18F4N2O2/c1-2-30(19-8-4-3-5-9-19)22-21(16-11-13-18(26)14-12-16)23(32)31(24(22)33)20-10-6-7-17(15-20)25(27,28)29/h3-15H,2H2,1H3. The third kappa shape index (κ3) is 4.11. The Bertz CT molecular complexity index is 1240. The lowest BCUT2D eigenvalue weighted by molar-refractivity contribution is -0.137. The van der Waals surface area contributed by atoms with Crippen LogP contribution >= 0.6 is 0 Å². The van der Waals surface area contributed by atoms with Crippen LogP contribution in [-0.2, 0) is 15.8 Å². The monoisotopic (exact) mass is 454 g/mol. The Kier molecular flexibility index (Phi) is 5.76. The number of hydrogen-bond acceptors (Lipinski definition) is 3. The molecule has 0 N–H and O–H groups in total. The maximum Gasteiger partial charge on any atom is 0.416 e. The Morgan fingerprint density at radius 1 is 0.848 bits per heavy atom. The molecule has 3 aromatic rings. The molecule has 0 atom stereocenters. The molecule has 0 spiro atoms. The maximum atomic E-state index is 13.6. The number of likely N-dealkylation sites (N-methyl/N-ethyl adjacent to an activating group) is 1. The lowest BCUT2D eigenvalue weighted by Crippen LogP contribution is -2.35. The van der Waals surface area contributed by atoms with Gasteiger partial charge in [0.15, 0.2) is 0 Å². The molecular weight excluding hydrogens is 436 g/mol. The number of amides is 2. The van der Waals surface area contributed by atoms with Crippen molar-refractivity contribution in [1.82, 2.24) is 0 Å². The average molecular weight is 454 g/mol. The highest BCUT2D eigenvalue weighted by Gasteiger charge is 2.43. The number of alkyl halides is 3.